The predicted octanol–water partition coefficient (Wildman–Crippen LogP) is 1.26. The number of carbonyl (C=O) groups excluding carboxylic acids is 2. The van der Waals surface area contributed by atoms with Crippen LogP contribution in [0.1, 0.15) is 34.1 Å². The molecule has 0 saturated carbocycles. The van der Waals surface area contributed by atoms with Crippen LogP contribution < -0.4 is 5.73 Å². The van der Waals surface area contributed by atoms with Crippen molar-refractivity contribution in [2.24, 2.45) is 11.1 Å². The van der Waals surface area contributed by atoms with Crippen molar-refractivity contribution in [1.29, 1.82) is 0 Å². The van der Waals surface area contributed by atoms with Crippen molar-refractivity contribution in [2.45, 2.75) is 46.2 Å². The third-order valence-electron chi connectivity index (χ3n) is 3.51. The van der Waals surface area contributed by atoms with E-state index in [1.165, 1.54) is 0 Å². The van der Waals surface area contributed by atoms with Crippen LogP contribution in [0.3, 0.4) is 0 Å². The third kappa shape index (κ3) is 4.66. The SMILES string of the molecule is CCOC(=O)C1CSCCN1C(=O)CC(N)C(C)(C)C. The highest BCUT2D eigenvalue weighted by Crippen LogP contribution is 2.23. The second-order valence-electron chi connectivity index (χ2n) is 6.11. The van der Waals surface area contributed by atoms with Gasteiger partial charge in [-0.3, -0.25) is 4.79 Å². The predicted molar refractivity (Wildman–Crippen MR) is 81.5 cm³/mol. The highest BCUT2D eigenvalue weighted by atomic mass is 32.2. The molecule has 1 amide bonds. The molecule has 2 unspecified atom stereocenters. The molecule has 0 bridgehead atoms. The summed E-state index contributed by atoms with van der Waals surface area (Å²) in [6.07, 6.45) is 0.268. The number of carbonyl (C=O) groups is 2. The van der Waals surface area contributed by atoms with Crippen molar-refractivity contribution in [2.75, 3.05) is 24.7 Å². The van der Waals surface area contributed by atoms with Gasteiger partial charge >= 0.3 is 5.97 Å². The lowest BCUT2D eigenvalue weighted by Crippen LogP contribution is -2.52. The Labute approximate surface area is 125 Å². The summed E-state index contributed by atoms with van der Waals surface area (Å²) in [6, 6.07) is -0.680. The minimum absolute atomic E-state index is 0.0502. The van der Waals surface area contributed by atoms with Crippen molar-refractivity contribution in [3.63, 3.8) is 0 Å². The van der Waals surface area contributed by atoms with Gasteiger partial charge in [-0.2, -0.15) is 11.8 Å². The number of amides is 1. The molecule has 0 aromatic carbocycles. The van der Waals surface area contributed by atoms with Gasteiger partial charge < -0.3 is 15.4 Å². The first kappa shape index (κ1) is 17.3. The van der Waals surface area contributed by atoms with Crippen LogP contribution in [0, 0.1) is 5.41 Å². The molecule has 5 nitrogen and oxygen atoms in total. The maximum absolute atomic E-state index is 12.4. The Hall–Kier alpha value is -0.750. The maximum atomic E-state index is 12.4. The smallest absolute Gasteiger partial charge is 0.329 e. The van der Waals surface area contributed by atoms with Gasteiger partial charge in [-0.25, -0.2) is 4.79 Å². The third-order valence-corrected chi connectivity index (χ3v) is 4.54. The zero-order valence-electron chi connectivity index (χ0n) is 12.8. The fraction of sp³-hybridized carbons (Fsp3) is 0.857. The number of ether oxygens (including phenoxy) is 1. The summed E-state index contributed by atoms with van der Waals surface area (Å²) in [4.78, 5) is 26.0. The molecule has 0 aliphatic carbocycles. The fourth-order valence-electron chi connectivity index (χ4n) is 1.95. The second-order valence-corrected chi connectivity index (χ2v) is 7.26. The number of nitrogens with zero attached hydrogens (tertiary/aromatic N) is 1. The van der Waals surface area contributed by atoms with Crippen LogP contribution in [0.5, 0.6) is 0 Å². The molecule has 0 aromatic rings. The van der Waals surface area contributed by atoms with Crippen LogP contribution in [0.2, 0.25) is 0 Å². The fourth-order valence-corrected chi connectivity index (χ4v) is 2.98. The van der Waals surface area contributed by atoms with E-state index in [0.717, 1.165) is 5.75 Å². The summed E-state index contributed by atoms with van der Waals surface area (Å²) in [5.41, 5.74) is 5.94. The Bertz CT molecular complexity index is 355. The zero-order valence-corrected chi connectivity index (χ0v) is 13.7. The molecule has 1 saturated heterocycles. The normalized spacial score (nSPS) is 21.4. The first-order valence-electron chi connectivity index (χ1n) is 7.06. The summed E-state index contributed by atoms with van der Waals surface area (Å²) in [6.45, 7) is 8.74. The van der Waals surface area contributed by atoms with Crippen LogP contribution in [0.4, 0.5) is 0 Å². The van der Waals surface area contributed by atoms with E-state index in [1.54, 1.807) is 23.6 Å². The molecular formula is C14H26N2O3S. The molecule has 20 heavy (non-hydrogen) atoms. The Kier molecular flexibility index (Phi) is 6.33. The molecule has 1 aliphatic heterocycles. The molecule has 1 fully saturated rings. The van der Waals surface area contributed by atoms with E-state index in [9.17, 15) is 9.59 Å². The molecule has 1 aliphatic rings. The topological polar surface area (TPSA) is 72.6 Å². The molecule has 6 heteroatoms. The van der Waals surface area contributed by atoms with Gasteiger partial charge in [0.1, 0.15) is 6.04 Å². The van der Waals surface area contributed by atoms with E-state index >= 15 is 0 Å². The summed E-state index contributed by atoms with van der Waals surface area (Å²) >= 11 is 1.68. The van der Waals surface area contributed by atoms with Crippen LogP contribution in [-0.4, -0.2) is 53.5 Å². The summed E-state index contributed by atoms with van der Waals surface area (Å²) in [5, 5.41) is 0. The summed E-state index contributed by atoms with van der Waals surface area (Å²) in [5.74, 6) is 1.10. The van der Waals surface area contributed by atoms with Crippen LogP contribution in [0.15, 0.2) is 0 Å². The van der Waals surface area contributed by atoms with E-state index in [2.05, 4.69) is 0 Å². The molecule has 2 N–H and O–H groups in total. The van der Waals surface area contributed by atoms with Crippen molar-refractivity contribution >= 4 is 23.6 Å². The van der Waals surface area contributed by atoms with Crippen molar-refractivity contribution < 1.29 is 14.3 Å². The number of thioether (sulfide) groups is 1. The van der Waals surface area contributed by atoms with E-state index in [4.69, 9.17) is 10.5 Å². The van der Waals surface area contributed by atoms with Crippen LogP contribution in [0.25, 0.3) is 0 Å². The highest BCUT2D eigenvalue weighted by Gasteiger charge is 2.35. The number of rotatable bonds is 4. The molecule has 0 aromatic heterocycles. The van der Waals surface area contributed by atoms with Gasteiger partial charge in [-0.15, -0.1) is 0 Å². The van der Waals surface area contributed by atoms with Crippen molar-refractivity contribution in [3.05, 3.63) is 0 Å². The molecule has 0 spiro atoms. The average molecular weight is 302 g/mol. The number of nitrogens with two attached hydrogens (primary N) is 1. The van der Waals surface area contributed by atoms with Crippen molar-refractivity contribution in [1.82, 2.24) is 4.90 Å². The minimum atomic E-state index is -0.464. The second kappa shape index (κ2) is 7.31. The van der Waals surface area contributed by atoms with E-state index in [-0.39, 0.29) is 29.8 Å². The standard InChI is InChI=1S/C14H26N2O3S/c1-5-19-13(18)10-9-20-7-6-16(10)12(17)8-11(15)14(2,3)4/h10-11H,5-9,15H2,1-4H3. The van der Waals surface area contributed by atoms with Gasteiger partial charge in [0.2, 0.25) is 5.91 Å². The van der Waals surface area contributed by atoms with Gasteiger partial charge in [-0.1, -0.05) is 20.8 Å². The van der Waals surface area contributed by atoms with Gasteiger partial charge in [0.25, 0.3) is 0 Å². The van der Waals surface area contributed by atoms with Crippen molar-refractivity contribution in [3.8, 4) is 0 Å². The first-order valence-corrected chi connectivity index (χ1v) is 8.22. The summed E-state index contributed by atoms with van der Waals surface area (Å²) in [7, 11) is 0. The molecule has 0 radical (unpaired) electrons. The van der Waals surface area contributed by atoms with E-state index in [0.29, 0.717) is 18.9 Å². The molecule has 116 valence electrons. The van der Waals surface area contributed by atoms with Crippen LogP contribution >= 0.6 is 11.8 Å². The Morgan fingerprint density at radius 1 is 1.45 bits per heavy atom. The lowest BCUT2D eigenvalue weighted by Gasteiger charge is -2.35. The molecule has 1 rings (SSSR count). The number of hydrogen-bond donors (Lipinski definition) is 1. The lowest BCUT2D eigenvalue weighted by molar-refractivity contribution is -0.154. The first-order chi connectivity index (χ1) is 9.27. The van der Waals surface area contributed by atoms with Gasteiger partial charge in [-0.05, 0) is 12.3 Å². The maximum Gasteiger partial charge on any atom is 0.329 e. The summed E-state index contributed by atoms with van der Waals surface area (Å²) < 4.78 is 5.06. The van der Waals surface area contributed by atoms with Crippen LogP contribution in [-0.2, 0) is 14.3 Å². The quantitative estimate of drug-likeness (QED) is 0.791. The molecular weight excluding hydrogens is 276 g/mol. The number of esters is 1. The zero-order chi connectivity index (χ0) is 15.3. The largest absolute Gasteiger partial charge is 0.464 e. The van der Waals surface area contributed by atoms with Gasteiger partial charge in [0, 0.05) is 30.5 Å². The minimum Gasteiger partial charge on any atom is -0.464 e. The molecule has 2 atom stereocenters. The van der Waals surface area contributed by atoms with E-state index in [1.807, 2.05) is 20.8 Å². The Morgan fingerprint density at radius 2 is 2.10 bits per heavy atom. The average Bonchev–Trinajstić information content (AvgIpc) is 2.37. The Morgan fingerprint density at radius 3 is 2.65 bits per heavy atom. The molecule has 1 heterocycles. The lowest BCUT2D eigenvalue weighted by atomic mass is 9.85. The van der Waals surface area contributed by atoms with Gasteiger partial charge in [0.05, 0.1) is 6.61 Å². The number of hydrogen-bond acceptors (Lipinski definition) is 5. The Balaban J connectivity index is 2.70. The highest BCUT2D eigenvalue weighted by molar-refractivity contribution is 7.99. The van der Waals surface area contributed by atoms with E-state index < -0.39 is 6.04 Å². The van der Waals surface area contributed by atoms with Gasteiger partial charge in [0.15, 0.2) is 0 Å². The monoisotopic (exact) mass is 302 g/mol.